The molecule has 1 aliphatic heterocycles. The van der Waals surface area contributed by atoms with Crippen molar-refractivity contribution in [2.45, 2.75) is 20.4 Å². The number of hydrogen-bond acceptors (Lipinski definition) is 6. The van der Waals surface area contributed by atoms with Crippen molar-refractivity contribution in [2.75, 3.05) is 31.2 Å². The van der Waals surface area contributed by atoms with E-state index in [-0.39, 0.29) is 5.91 Å². The average Bonchev–Trinajstić information content (AvgIpc) is 3.31. The topological polar surface area (TPSA) is 101 Å². The molecule has 0 aliphatic carbocycles. The number of hydrogen-bond donors (Lipinski definition) is 2. The molecule has 0 unspecified atom stereocenters. The van der Waals surface area contributed by atoms with Gasteiger partial charge in [0.25, 0.3) is 5.91 Å². The first kappa shape index (κ1) is 19.1. The molecule has 9 nitrogen and oxygen atoms in total. The van der Waals surface area contributed by atoms with Crippen LogP contribution in [-0.4, -0.2) is 57.2 Å². The Hall–Kier alpha value is -3.20. The first-order valence-corrected chi connectivity index (χ1v) is 9.65. The lowest BCUT2D eigenvalue weighted by Gasteiger charge is -2.29. The number of aromatic nitrogens is 5. The number of carbonyl (C=O) groups is 1. The number of anilines is 1. The summed E-state index contributed by atoms with van der Waals surface area (Å²) in [4.78, 5) is 19.4. The number of aryl methyl sites for hydroxylation is 2. The van der Waals surface area contributed by atoms with Crippen LogP contribution in [0.25, 0.3) is 11.3 Å². The van der Waals surface area contributed by atoms with E-state index >= 15 is 0 Å². The largest absolute Gasteiger partial charge is 0.378 e. The van der Waals surface area contributed by atoms with Gasteiger partial charge in [-0.1, -0.05) is 6.07 Å². The lowest BCUT2D eigenvalue weighted by molar-refractivity contribution is 0.0945. The predicted molar refractivity (Wildman–Crippen MR) is 109 cm³/mol. The zero-order valence-electron chi connectivity index (χ0n) is 16.9. The fourth-order valence-corrected chi connectivity index (χ4v) is 3.61. The second kappa shape index (κ2) is 8.04. The van der Waals surface area contributed by atoms with Gasteiger partial charge < -0.3 is 15.0 Å². The van der Waals surface area contributed by atoms with Crippen LogP contribution in [-0.2, 0) is 18.3 Å². The van der Waals surface area contributed by atoms with Gasteiger partial charge in [-0.15, -0.1) is 0 Å². The molecule has 1 fully saturated rings. The van der Waals surface area contributed by atoms with Crippen LogP contribution in [0.2, 0.25) is 0 Å². The summed E-state index contributed by atoms with van der Waals surface area (Å²) in [5.74, 6) is 0.683. The van der Waals surface area contributed by atoms with Gasteiger partial charge in [0.15, 0.2) is 0 Å². The van der Waals surface area contributed by atoms with E-state index in [4.69, 9.17) is 4.74 Å². The van der Waals surface area contributed by atoms with Gasteiger partial charge in [0.2, 0.25) is 0 Å². The minimum atomic E-state index is -0.209. The molecule has 2 N–H and O–H groups in total. The molecule has 9 heteroatoms. The van der Waals surface area contributed by atoms with Crippen molar-refractivity contribution in [1.82, 2.24) is 30.3 Å². The van der Waals surface area contributed by atoms with Crippen LogP contribution in [0.15, 0.2) is 24.4 Å². The van der Waals surface area contributed by atoms with Crippen molar-refractivity contribution in [1.29, 1.82) is 0 Å². The number of morpholine rings is 1. The molecular weight excluding hydrogens is 370 g/mol. The summed E-state index contributed by atoms with van der Waals surface area (Å²) in [6, 6.07) is 5.63. The molecule has 3 aromatic rings. The molecule has 0 spiro atoms. The van der Waals surface area contributed by atoms with Gasteiger partial charge in [0.05, 0.1) is 24.6 Å². The molecule has 0 atom stereocenters. The number of rotatable bonds is 5. The summed E-state index contributed by atoms with van der Waals surface area (Å²) in [6.07, 6.45) is 1.77. The third kappa shape index (κ3) is 3.86. The van der Waals surface area contributed by atoms with Crippen molar-refractivity contribution in [2.24, 2.45) is 7.05 Å². The van der Waals surface area contributed by atoms with Crippen molar-refractivity contribution in [3.8, 4) is 11.3 Å². The highest BCUT2D eigenvalue weighted by Gasteiger charge is 2.19. The van der Waals surface area contributed by atoms with E-state index in [1.807, 2.05) is 37.7 Å². The van der Waals surface area contributed by atoms with E-state index < -0.39 is 0 Å². The highest BCUT2D eigenvalue weighted by atomic mass is 16.5. The van der Waals surface area contributed by atoms with Gasteiger partial charge in [0, 0.05) is 49.7 Å². The van der Waals surface area contributed by atoms with Crippen molar-refractivity contribution in [3.63, 3.8) is 0 Å². The van der Waals surface area contributed by atoms with Crippen LogP contribution in [0.4, 0.5) is 5.82 Å². The number of carbonyl (C=O) groups excluding carboxylic acids is 1. The molecule has 3 aromatic heterocycles. The molecule has 1 amide bonds. The van der Waals surface area contributed by atoms with Gasteiger partial charge in [0.1, 0.15) is 11.5 Å². The monoisotopic (exact) mass is 395 g/mol. The number of nitrogens with one attached hydrogen (secondary N) is 2. The van der Waals surface area contributed by atoms with E-state index in [9.17, 15) is 4.79 Å². The minimum absolute atomic E-state index is 0.209. The quantitative estimate of drug-likeness (QED) is 0.680. The van der Waals surface area contributed by atoms with E-state index in [1.54, 1.807) is 12.3 Å². The molecule has 4 rings (SSSR count). The molecule has 0 radical (unpaired) electrons. The Morgan fingerprint density at radius 3 is 2.83 bits per heavy atom. The molecule has 152 valence electrons. The third-order valence-corrected chi connectivity index (χ3v) is 5.21. The first-order chi connectivity index (χ1) is 14.0. The number of H-pyrrole nitrogens is 1. The Morgan fingerprint density at radius 2 is 2.10 bits per heavy atom. The van der Waals surface area contributed by atoms with Crippen molar-refractivity contribution in [3.05, 3.63) is 47.0 Å². The zero-order valence-corrected chi connectivity index (χ0v) is 16.9. The van der Waals surface area contributed by atoms with E-state index in [0.717, 1.165) is 41.4 Å². The molecule has 0 bridgehead atoms. The number of aromatic amines is 1. The normalized spacial score (nSPS) is 14.2. The van der Waals surface area contributed by atoms with Gasteiger partial charge in [-0.2, -0.15) is 10.2 Å². The van der Waals surface area contributed by atoms with Crippen molar-refractivity contribution >= 4 is 11.7 Å². The molecular formula is C20H25N7O2. The maximum Gasteiger partial charge on any atom is 0.269 e. The lowest BCUT2D eigenvalue weighted by atomic mass is 10.1. The van der Waals surface area contributed by atoms with Gasteiger partial charge in [-0.05, 0) is 26.0 Å². The average molecular weight is 395 g/mol. The van der Waals surface area contributed by atoms with Crippen LogP contribution in [0.3, 0.4) is 0 Å². The summed E-state index contributed by atoms with van der Waals surface area (Å²) in [5.41, 5.74) is 4.94. The second-order valence-electron chi connectivity index (χ2n) is 7.10. The first-order valence-electron chi connectivity index (χ1n) is 9.65. The van der Waals surface area contributed by atoms with E-state index in [2.05, 4.69) is 30.5 Å². The molecule has 1 aliphatic rings. The second-order valence-corrected chi connectivity index (χ2v) is 7.10. The molecule has 4 heterocycles. The molecule has 0 aromatic carbocycles. The summed E-state index contributed by atoms with van der Waals surface area (Å²) >= 11 is 0. The predicted octanol–water partition coefficient (Wildman–Crippen LogP) is 1.59. The Balaban J connectivity index is 1.47. The Bertz CT molecular complexity index is 1020. The fraction of sp³-hybridized carbons (Fsp3) is 0.400. The van der Waals surface area contributed by atoms with E-state index in [0.29, 0.717) is 31.1 Å². The van der Waals surface area contributed by atoms with Crippen molar-refractivity contribution < 1.29 is 9.53 Å². The summed E-state index contributed by atoms with van der Waals surface area (Å²) < 4.78 is 7.23. The molecule has 29 heavy (non-hydrogen) atoms. The summed E-state index contributed by atoms with van der Waals surface area (Å²) in [5, 5.41) is 14.5. The van der Waals surface area contributed by atoms with Gasteiger partial charge in [-0.25, -0.2) is 4.98 Å². The smallest absolute Gasteiger partial charge is 0.269 e. The van der Waals surface area contributed by atoms with Crippen LogP contribution in [0.5, 0.6) is 0 Å². The summed E-state index contributed by atoms with van der Waals surface area (Å²) in [6.45, 7) is 7.28. The minimum Gasteiger partial charge on any atom is -0.378 e. The number of nitrogens with zero attached hydrogens (tertiary/aromatic N) is 5. The molecule has 1 saturated heterocycles. The Labute approximate surface area is 169 Å². The fourth-order valence-electron chi connectivity index (χ4n) is 3.61. The maximum atomic E-state index is 12.7. The van der Waals surface area contributed by atoms with Crippen LogP contribution in [0, 0.1) is 13.8 Å². The maximum absolute atomic E-state index is 12.7. The van der Waals surface area contributed by atoms with Crippen LogP contribution < -0.4 is 10.2 Å². The highest BCUT2D eigenvalue weighted by Crippen LogP contribution is 2.25. The van der Waals surface area contributed by atoms with Gasteiger partial charge in [-0.3, -0.25) is 14.6 Å². The number of amides is 1. The standard InChI is InChI=1S/C20H25N7O2/c1-13-18(14(2)26(3)25-13)16-11-17(24-23-16)20(28)22-12-15-5-4-6-21-19(15)27-7-9-29-10-8-27/h4-6,11H,7-10,12H2,1-3H3,(H,22,28)(H,23,24). The Kier molecular flexibility index (Phi) is 5.30. The van der Waals surface area contributed by atoms with Crippen LogP contribution >= 0.6 is 0 Å². The highest BCUT2D eigenvalue weighted by molar-refractivity contribution is 5.93. The van der Waals surface area contributed by atoms with E-state index in [1.165, 1.54) is 0 Å². The third-order valence-electron chi connectivity index (χ3n) is 5.21. The Morgan fingerprint density at radius 1 is 1.31 bits per heavy atom. The number of pyridine rings is 1. The molecule has 0 saturated carbocycles. The zero-order chi connectivity index (χ0) is 20.4. The SMILES string of the molecule is Cc1nn(C)c(C)c1-c1cc(C(=O)NCc2cccnc2N2CCOCC2)[nH]n1. The lowest BCUT2D eigenvalue weighted by Crippen LogP contribution is -2.37. The summed E-state index contributed by atoms with van der Waals surface area (Å²) in [7, 11) is 1.89. The van der Waals surface area contributed by atoms with Gasteiger partial charge >= 0.3 is 0 Å². The number of ether oxygens (including phenoxy) is 1. The van der Waals surface area contributed by atoms with Crippen LogP contribution in [0.1, 0.15) is 27.4 Å².